The summed E-state index contributed by atoms with van der Waals surface area (Å²) in [5.74, 6) is 0.753. The highest BCUT2D eigenvalue weighted by Crippen LogP contribution is 2.37. The fraction of sp³-hybridized carbons (Fsp3) is 0.556. The van der Waals surface area contributed by atoms with Crippen LogP contribution < -0.4 is 0 Å². The van der Waals surface area contributed by atoms with E-state index in [1.807, 2.05) is 0 Å². The van der Waals surface area contributed by atoms with Crippen LogP contribution in [0.1, 0.15) is 62.9 Å². The van der Waals surface area contributed by atoms with Crippen LogP contribution in [-0.2, 0) is 0 Å². The number of hydrogen-bond acceptors (Lipinski definition) is 1. The lowest BCUT2D eigenvalue weighted by Crippen LogP contribution is -2.17. The summed E-state index contributed by atoms with van der Waals surface area (Å²) in [7, 11) is 0. The third-order valence-electron chi connectivity index (χ3n) is 4.96. The van der Waals surface area contributed by atoms with Gasteiger partial charge in [0, 0.05) is 12.8 Å². The molecular weight excluding hydrogens is 258 g/mol. The van der Waals surface area contributed by atoms with Gasteiger partial charge in [0.15, 0.2) is 6.04 Å². The SMILES string of the molecule is CCC1=Cc2[nH]c(C)c([N+](=N)C3CCC(C)C3)c2C=CC1. The maximum atomic E-state index is 8.62. The van der Waals surface area contributed by atoms with Gasteiger partial charge in [-0.15, -0.1) is 0 Å². The second-order valence-corrected chi connectivity index (χ2v) is 6.63. The van der Waals surface area contributed by atoms with Crippen LogP contribution in [0.4, 0.5) is 5.69 Å². The van der Waals surface area contributed by atoms with Crippen molar-refractivity contribution < 1.29 is 4.70 Å². The van der Waals surface area contributed by atoms with E-state index in [2.05, 4.69) is 44.0 Å². The lowest BCUT2D eigenvalue weighted by Gasteiger charge is -2.06. The molecule has 1 fully saturated rings. The van der Waals surface area contributed by atoms with Crippen molar-refractivity contribution in [1.82, 2.24) is 4.98 Å². The summed E-state index contributed by atoms with van der Waals surface area (Å²) in [5, 5.41) is 0. The highest BCUT2D eigenvalue weighted by molar-refractivity contribution is 5.75. The minimum absolute atomic E-state index is 0.366. The number of nitrogens with zero attached hydrogens (tertiary/aromatic N) is 1. The van der Waals surface area contributed by atoms with Gasteiger partial charge in [0.1, 0.15) is 0 Å². The van der Waals surface area contributed by atoms with Crippen LogP contribution in [0, 0.1) is 18.4 Å². The molecule has 0 aromatic carbocycles. The molecule has 0 bridgehead atoms. The zero-order valence-corrected chi connectivity index (χ0v) is 13.4. The first-order valence-corrected chi connectivity index (χ1v) is 8.19. The molecular formula is C18H26N3+. The van der Waals surface area contributed by atoms with Gasteiger partial charge in [0.2, 0.25) is 0 Å². The molecule has 2 N–H and O–H groups in total. The second-order valence-electron chi connectivity index (χ2n) is 6.63. The zero-order valence-electron chi connectivity index (χ0n) is 13.4. The molecule has 1 heterocycles. The van der Waals surface area contributed by atoms with E-state index in [4.69, 9.17) is 5.53 Å². The number of hydrogen-bond donors (Lipinski definition) is 2. The molecule has 0 spiro atoms. The van der Waals surface area contributed by atoms with Gasteiger partial charge in [-0.3, -0.25) is 0 Å². The van der Waals surface area contributed by atoms with Gasteiger partial charge >= 0.3 is 0 Å². The Bertz CT molecular complexity index is 619. The van der Waals surface area contributed by atoms with E-state index in [0.29, 0.717) is 6.04 Å². The maximum Gasteiger partial charge on any atom is 0.259 e. The molecule has 0 saturated heterocycles. The minimum Gasteiger partial charge on any atom is -0.353 e. The first-order chi connectivity index (χ1) is 10.1. The molecule has 0 aliphatic heterocycles. The summed E-state index contributed by atoms with van der Waals surface area (Å²) in [6.45, 7) is 6.60. The van der Waals surface area contributed by atoms with Gasteiger partial charge in [-0.2, -0.15) is 0 Å². The number of nitrogens with one attached hydrogen (secondary N) is 2. The molecule has 3 nitrogen and oxygen atoms in total. The smallest absolute Gasteiger partial charge is 0.259 e. The normalized spacial score (nSPS) is 24.6. The van der Waals surface area contributed by atoms with Gasteiger partial charge in [0.05, 0.1) is 17.0 Å². The number of rotatable bonds is 3. The van der Waals surface area contributed by atoms with Crippen molar-refractivity contribution in [3.8, 4) is 0 Å². The molecule has 3 rings (SSSR count). The van der Waals surface area contributed by atoms with Gasteiger partial charge < -0.3 is 4.98 Å². The number of H-pyrrole nitrogens is 1. The van der Waals surface area contributed by atoms with Crippen LogP contribution in [0.5, 0.6) is 0 Å². The van der Waals surface area contributed by atoms with E-state index >= 15 is 0 Å². The summed E-state index contributed by atoms with van der Waals surface area (Å²) in [4.78, 5) is 3.50. The Kier molecular flexibility index (Phi) is 3.83. The molecule has 0 amide bonds. The highest BCUT2D eigenvalue weighted by atomic mass is 15.2. The molecule has 112 valence electrons. The molecule has 2 atom stereocenters. The highest BCUT2D eigenvalue weighted by Gasteiger charge is 2.35. The third kappa shape index (κ3) is 2.61. The number of fused-ring (bicyclic) bond motifs is 1. The monoisotopic (exact) mass is 284 g/mol. The molecule has 2 aliphatic rings. The molecule has 2 aliphatic carbocycles. The fourth-order valence-electron chi connectivity index (χ4n) is 3.68. The van der Waals surface area contributed by atoms with Crippen molar-refractivity contribution in [2.75, 3.05) is 0 Å². The Labute approximate surface area is 127 Å². The zero-order chi connectivity index (χ0) is 15.0. The fourth-order valence-corrected chi connectivity index (χ4v) is 3.68. The summed E-state index contributed by atoms with van der Waals surface area (Å²) in [5.41, 5.74) is 14.6. The van der Waals surface area contributed by atoms with E-state index in [-0.39, 0.29) is 0 Å². The third-order valence-corrected chi connectivity index (χ3v) is 4.96. The predicted octanol–water partition coefficient (Wildman–Crippen LogP) is 5.40. The van der Waals surface area contributed by atoms with Crippen LogP contribution >= 0.6 is 0 Å². The summed E-state index contributed by atoms with van der Waals surface area (Å²) in [6.07, 6.45) is 12.4. The summed E-state index contributed by atoms with van der Waals surface area (Å²) < 4.78 is 1.78. The second kappa shape index (κ2) is 5.63. The van der Waals surface area contributed by atoms with Crippen molar-refractivity contribution in [3.05, 3.63) is 28.6 Å². The average Bonchev–Trinajstić information content (AvgIpc) is 2.95. The molecule has 21 heavy (non-hydrogen) atoms. The quantitative estimate of drug-likeness (QED) is 0.551. The maximum absolute atomic E-state index is 8.62. The molecule has 2 unspecified atom stereocenters. The Morgan fingerprint density at radius 3 is 2.86 bits per heavy atom. The Hall–Kier alpha value is -1.64. The standard InChI is InChI=1S/C18H26N3/c1-4-14-6-5-7-16-17(11-14)20-13(3)18(16)21(19)15-9-8-12(2)10-15/h5,7,11-12,15,19-20H,4,6,8-10H2,1-3H3/q+1. The lowest BCUT2D eigenvalue weighted by molar-refractivity contribution is -0.573. The number of aryl methyl sites for hydroxylation is 1. The van der Waals surface area contributed by atoms with Crippen LogP contribution in [0.25, 0.3) is 12.2 Å². The van der Waals surface area contributed by atoms with Crippen LogP contribution in [0.3, 0.4) is 0 Å². The Morgan fingerprint density at radius 2 is 2.19 bits per heavy atom. The van der Waals surface area contributed by atoms with E-state index in [9.17, 15) is 0 Å². The number of allylic oxidation sites excluding steroid dienone is 2. The van der Waals surface area contributed by atoms with Gasteiger partial charge in [-0.05, 0) is 44.3 Å². The molecule has 1 aromatic rings. The van der Waals surface area contributed by atoms with Crippen molar-refractivity contribution in [2.24, 2.45) is 5.92 Å². The minimum atomic E-state index is 0.366. The number of aromatic nitrogens is 1. The van der Waals surface area contributed by atoms with E-state index in [1.54, 1.807) is 4.70 Å². The largest absolute Gasteiger partial charge is 0.353 e. The van der Waals surface area contributed by atoms with E-state index in [0.717, 1.165) is 43.0 Å². The first kappa shape index (κ1) is 14.3. The van der Waals surface area contributed by atoms with Crippen molar-refractivity contribution in [2.45, 2.75) is 58.9 Å². The summed E-state index contributed by atoms with van der Waals surface area (Å²) in [6, 6.07) is 0.366. The van der Waals surface area contributed by atoms with Crippen molar-refractivity contribution >= 4 is 17.8 Å². The Morgan fingerprint density at radius 1 is 1.38 bits per heavy atom. The predicted molar refractivity (Wildman–Crippen MR) is 86.9 cm³/mol. The molecule has 3 heteroatoms. The number of aromatic amines is 1. The first-order valence-electron chi connectivity index (χ1n) is 8.19. The van der Waals surface area contributed by atoms with Gasteiger partial charge in [-0.25, -0.2) is 0 Å². The van der Waals surface area contributed by atoms with Gasteiger partial charge in [0.25, 0.3) is 5.69 Å². The van der Waals surface area contributed by atoms with E-state index < -0.39 is 0 Å². The topological polar surface area (TPSA) is 42.6 Å². The molecule has 1 aromatic heterocycles. The van der Waals surface area contributed by atoms with Gasteiger partial charge in [-0.1, -0.05) is 35.7 Å². The van der Waals surface area contributed by atoms with Crippen LogP contribution in [-0.4, -0.2) is 15.7 Å². The van der Waals surface area contributed by atoms with E-state index in [1.165, 1.54) is 23.3 Å². The molecule has 1 saturated carbocycles. The van der Waals surface area contributed by atoms with Crippen LogP contribution in [0.15, 0.2) is 11.6 Å². The Balaban J connectivity index is 1.99. The average molecular weight is 284 g/mol. The summed E-state index contributed by atoms with van der Waals surface area (Å²) >= 11 is 0. The van der Waals surface area contributed by atoms with Crippen LogP contribution in [0.2, 0.25) is 0 Å². The van der Waals surface area contributed by atoms with Crippen molar-refractivity contribution in [1.29, 1.82) is 5.53 Å². The molecule has 0 radical (unpaired) electrons. The lowest BCUT2D eigenvalue weighted by atomic mass is 10.1. The van der Waals surface area contributed by atoms with Crippen molar-refractivity contribution in [3.63, 3.8) is 0 Å².